The minimum absolute atomic E-state index is 0.250. The van der Waals surface area contributed by atoms with Crippen LogP contribution >= 0.6 is 0 Å². The minimum atomic E-state index is -0.502. The highest BCUT2D eigenvalue weighted by Crippen LogP contribution is 2.28. The molecule has 164 valence electrons. The van der Waals surface area contributed by atoms with E-state index in [9.17, 15) is 9.59 Å². The average molecular weight is 439 g/mol. The van der Waals surface area contributed by atoms with Gasteiger partial charge in [-0.1, -0.05) is 30.3 Å². The zero-order chi connectivity index (χ0) is 23.0. The van der Waals surface area contributed by atoms with Gasteiger partial charge in [0.2, 0.25) is 0 Å². The Bertz CT molecular complexity index is 1280. The molecule has 0 radical (unpaired) electrons. The maximum Gasteiger partial charge on any atom is 0.343 e. The number of hydrazone groups is 1. The number of hydrogen-bond donors (Lipinski definition) is 1. The van der Waals surface area contributed by atoms with Crippen LogP contribution in [-0.4, -0.2) is 29.8 Å². The van der Waals surface area contributed by atoms with E-state index in [1.807, 2.05) is 47.3 Å². The summed E-state index contributed by atoms with van der Waals surface area (Å²) in [6, 6.07) is 24.7. The number of methoxy groups -OCH3 is 1. The molecule has 0 atom stereocenters. The van der Waals surface area contributed by atoms with Gasteiger partial charge in [-0.3, -0.25) is 4.79 Å². The number of nitrogens with one attached hydrogen (secondary N) is 1. The Morgan fingerprint density at radius 1 is 0.879 bits per heavy atom. The number of amides is 1. The van der Waals surface area contributed by atoms with E-state index < -0.39 is 5.97 Å². The van der Waals surface area contributed by atoms with Gasteiger partial charge in [0.1, 0.15) is 0 Å². The lowest BCUT2D eigenvalue weighted by Gasteiger charge is -2.10. The molecule has 4 aromatic rings. The van der Waals surface area contributed by atoms with Gasteiger partial charge in [0.15, 0.2) is 11.5 Å². The number of esters is 1. The first-order valence-corrected chi connectivity index (χ1v) is 10.2. The Labute approximate surface area is 190 Å². The largest absolute Gasteiger partial charge is 0.493 e. The second kappa shape index (κ2) is 10.1. The normalized spacial score (nSPS) is 10.7. The molecule has 33 heavy (non-hydrogen) atoms. The van der Waals surface area contributed by atoms with Gasteiger partial charge < -0.3 is 14.0 Å². The molecular formula is C26H21N3O4. The summed E-state index contributed by atoms with van der Waals surface area (Å²) in [6.45, 7) is 0. The molecule has 0 saturated carbocycles. The van der Waals surface area contributed by atoms with Crippen molar-refractivity contribution >= 4 is 18.1 Å². The predicted octanol–water partition coefficient (Wildman–Crippen LogP) is 4.47. The lowest BCUT2D eigenvalue weighted by molar-refractivity contribution is 0.0729. The van der Waals surface area contributed by atoms with E-state index in [2.05, 4.69) is 10.5 Å². The third-order valence-corrected chi connectivity index (χ3v) is 4.81. The number of rotatable bonds is 7. The van der Waals surface area contributed by atoms with E-state index in [4.69, 9.17) is 9.47 Å². The Kier molecular flexibility index (Phi) is 6.61. The maximum absolute atomic E-state index is 12.7. The van der Waals surface area contributed by atoms with Gasteiger partial charge in [0, 0.05) is 12.4 Å². The van der Waals surface area contributed by atoms with Crippen LogP contribution in [0.2, 0.25) is 0 Å². The van der Waals surface area contributed by atoms with Crippen LogP contribution < -0.4 is 14.9 Å². The van der Waals surface area contributed by atoms with E-state index in [1.54, 1.807) is 54.6 Å². The topological polar surface area (TPSA) is 81.9 Å². The van der Waals surface area contributed by atoms with Crippen molar-refractivity contribution in [3.8, 4) is 17.2 Å². The number of nitrogens with zero attached hydrogens (tertiary/aromatic N) is 2. The highest BCUT2D eigenvalue weighted by molar-refractivity contribution is 5.98. The van der Waals surface area contributed by atoms with Crippen LogP contribution in [0.25, 0.3) is 5.69 Å². The number of carbonyl (C=O) groups excluding carboxylic acids is 2. The molecule has 3 aromatic carbocycles. The van der Waals surface area contributed by atoms with Crippen LogP contribution in [0.1, 0.15) is 26.3 Å². The van der Waals surface area contributed by atoms with Crippen LogP contribution in [-0.2, 0) is 0 Å². The fraction of sp³-hybridized carbons (Fsp3) is 0.0385. The van der Waals surface area contributed by atoms with Gasteiger partial charge in [-0.15, -0.1) is 0 Å². The van der Waals surface area contributed by atoms with Gasteiger partial charge in [-0.05, 0) is 60.2 Å². The summed E-state index contributed by atoms with van der Waals surface area (Å²) in [4.78, 5) is 25.1. The van der Waals surface area contributed by atoms with Crippen molar-refractivity contribution in [2.45, 2.75) is 0 Å². The number of hydrogen-bond acceptors (Lipinski definition) is 5. The van der Waals surface area contributed by atoms with Crippen LogP contribution in [0.3, 0.4) is 0 Å². The fourth-order valence-corrected chi connectivity index (χ4v) is 3.20. The first-order valence-electron chi connectivity index (χ1n) is 10.2. The molecule has 0 unspecified atom stereocenters. The molecule has 0 aliphatic carbocycles. The second-order valence-electron chi connectivity index (χ2n) is 6.97. The summed E-state index contributed by atoms with van der Waals surface area (Å²) in [5.74, 6) is -0.196. The Morgan fingerprint density at radius 2 is 1.61 bits per heavy atom. The van der Waals surface area contributed by atoms with Crippen molar-refractivity contribution < 1.29 is 19.1 Å². The molecule has 0 aliphatic rings. The lowest BCUT2D eigenvalue weighted by atomic mass is 10.1. The number of aromatic nitrogens is 1. The third-order valence-electron chi connectivity index (χ3n) is 4.81. The Balaban J connectivity index is 1.48. The minimum Gasteiger partial charge on any atom is -0.493 e. The molecule has 0 spiro atoms. The fourth-order valence-electron chi connectivity index (χ4n) is 3.20. The monoisotopic (exact) mass is 439 g/mol. The van der Waals surface area contributed by atoms with Crippen molar-refractivity contribution in [1.29, 1.82) is 0 Å². The summed E-state index contributed by atoms with van der Waals surface area (Å²) in [5.41, 5.74) is 4.81. The average Bonchev–Trinajstić information content (AvgIpc) is 3.40. The van der Waals surface area contributed by atoms with Crippen molar-refractivity contribution in [3.05, 3.63) is 114 Å². The Hall–Kier alpha value is -4.65. The maximum atomic E-state index is 12.7. The van der Waals surface area contributed by atoms with Crippen molar-refractivity contribution in [3.63, 3.8) is 0 Å². The van der Waals surface area contributed by atoms with E-state index in [0.29, 0.717) is 22.4 Å². The van der Waals surface area contributed by atoms with Gasteiger partial charge in [0.05, 0.1) is 30.1 Å². The zero-order valence-corrected chi connectivity index (χ0v) is 17.8. The molecular weight excluding hydrogens is 418 g/mol. The summed E-state index contributed by atoms with van der Waals surface area (Å²) in [6.07, 6.45) is 5.20. The molecule has 0 saturated heterocycles. The first kappa shape index (κ1) is 21.6. The SMILES string of the molecule is COc1ccc(/C=N\NC(=O)c2ccccc2-n2cccc2)cc1OC(=O)c1ccccc1. The van der Waals surface area contributed by atoms with Gasteiger partial charge >= 0.3 is 5.97 Å². The quantitative estimate of drug-likeness (QED) is 0.199. The molecule has 1 heterocycles. The van der Waals surface area contributed by atoms with Crippen molar-refractivity contribution in [2.75, 3.05) is 7.11 Å². The van der Waals surface area contributed by atoms with Gasteiger partial charge in [-0.25, -0.2) is 10.2 Å². The summed E-state index contributed by atoms with van der Waals surface area (Å²) in [5, 5.41) is 4.06. The molecule has 0 aliphatic heterocycles. The molecule has 1 N–H and O–H groups in total. The highest BCUT2D eigenvalue weighted by atomic mass is 16.6. The summed E-state index contributed by atoms with van der Waals surface area (Å²) >= 11 is 0. The summed E-state index contributed by atoms with van der Waals surface area (Å²) < 4.78 is 12.7. The smallest absolute Gasteiger partial charge is 0.343 e. The third kappa shape index (κ3) is 5.16. The Morgan fingerprint density at radius 3 is 2.36 bits per heavy atom. The van der Waals surface area contributed by atoms with Crippen molar-refractivity contribution in [2.24, 2.45) is 5.10 Å². The number of carbonyl (C=O) groups is 2. The van der Waals surface area contributed by atoms with Crippen LogP contribution in [0.5, 0.6) is 11.5 Å². The van der Waals surface area contributed by atoms with E-state index in [1.165, 1.54) is 13.3 Å². The standard InChI is InChI=1S/C26H21N3O4/c1-32-23-14-13-19(17-24(23)33-26(31)20-9-3-2-4-10-20)18-27-28-25(30)21-11-5-6-12-22(21)29-15-7-8-16-29/h2-18H,1H3,(H,28,30)/b27-18-. The first-order chi connectivity index (χ1) is 16.2. The number of benzene rings is 3. The highest BCUT2D eigenvalue weighted by Gasteiger charge is 2.13. The van der Waals surface area contributed by atoms with Gasteiger partial charge in [0.25, 0.3) is 5.91 Å². The number of para-hydroxylation sites is 1. The van der Waals surface area contributed by atoms with E-state index in [0.717, 1.165) is 5.69 Å². The molecule has 4 rings (SSSR count). The molecule has 0 fully saturated rings. The summed E-state index contributed by atoms with van der Waals surface area (Å²) in [7, 11) is 1.49. The van der Waals surface area contributed by atoms with E-state index >= 15 is 0 Å². The van der Waals surface area contributed by atoms with Gasteiger partial charge in [-0.2, -0.15) is 5.10 Å². The zero-order valence-electron chi connectivity index (χ0n) is 17.8. The van der Waals surface area contributed by atoms with Crippen LogP contribution in [0, 0.1) is 0 Å². The van der Waals surface area contributed by atoms with E-state index in [-0.39, 0.29) is 11.7 Å². The molecule has 0 bridgehead atoms. The van der Waals surface area contributed by atoms with Crippen LogP contribution in [0.4, 0.5) is 0 Å². The molecule has 1 aromatic heterocycles. The predicted molar refractivity (Wildman–Crippen MR) is 125 cm³/mol. The molecule has 7 heteroatoms. The second-order valence-corrected chi connectivity index (χ2v) is 6.97. The van der Waals surface area contributed by atoms with Crippen molar-refractivity contribution in [1.82, 2.24) is 9.99 Å². The molecule has 7 nitrogen and oxygen atoms in total. The van der Waals surface area contributed by atoms with Crippen LogP contribution in [0.15, 0.2) is 102 Å². The number of ether oxygens (including phenoxy) is 2. The lowest BCUT2D eigenvalue weighted by Crippen LogP contribution is -2.19. The molecule has 1 amide bonds.